The van der Waals surface area contributed by atoms with E-state index in [1.54, 1.807) is 0 Å². The van der Waals surface area contributed by atoms with E-state index in [1.807, 2.05) is 0 Å². The molecule has 0 spiro atoms. The van der Waals surface area contributed by atoms with Gasteiger partial charge in [-0.05, 0) is 37.0 Å². The van der Waals surface area contributed by atoms with Crippen LogP contribution in [0.25, 0.3) is 0 Å². The van der Waals surface area contributed by atoms with E-state index in [0.29, 0.717) is 38.2 Å². The van der Waals surface area contributed by atoms with Gasteiger partial charge in [0.2, 0.25) is 5.91 Å². The minimum absolute atomic E-state index is 0. The van der Waals surface area contributed by atoms with Crippen LogP contribution < -0.4 is 11.1 Å². The topological polar surface area (TPSA) is 64.4 Å². The van der Waals surface area contributed by atoms with Gasteiger partial charge in [0.1, 0.15) is 5.82 Å². The fraction of sp³-hybridized carbons (Fsp3) is 0.500. The lowest BCUT2D eigenvalue weighted by atomic mass is 9.92. The predicted molar refractivity (Wildman–Crippen MR) is 78.8 cm³/mol. The van der Waals surface area contributed by atoms with Crippen LogP contribution >= 0.6 is 12.4 Å². The van der Waals surface area contributed by atoms with Crippen molar-refractivity contribution in [2.75, 3.05) is 18.5 Å². The van der Waals surface area contributed by atoms with Crippen molar-refractivity contribution in [1.29, 1.82) is 0 Å². The van der Waals surface area contributed by atoms with Gasteiger partial charge in [0.15, 0.2) is 0 Å². The molecule has 0 bridgehead atoms. The maximum Gasteiger partial charge on any atom is 0.419 e. The summed E-state index contributed by atoms with van der Waals surface area (Å²) in [6.07, 6.45) is -3.59. The third kappa shape index (κ3) is 5.05. The number of nitrogens with one attached hydrogen (secondary N) is 1. The number of hydrogen-bond donors (Lipinski definition) is 2. The maximum absolute atomic E-state index is 13.2. The summed E-state index contributed by atoms with van der Waals surface area (Å²) in [6, 6.07) is 1.45. The normalized spacial score (nSPS) is 17.3. The molecule has 0 saturated carbocycles. The highest BCUT2D eigenvalue weighted by molar-refractivity contribution is 5.95. The fourth-order valence-corrected chi connectivity index (χ4v) is 2.33. The lowest BCUT2D eigenvalue weighted by Crippen LogP contribution is -2.44. The van der Waals surface area contributed by atoms with Crippen LogP contribution in [0.5, 0.6) is 0 Å². The molecule has 1 unspecified atom stereocenters. The molecule has 1 aliphatic rings. The number of carbonyl (C=O) groups excluding carboxylic acids is 1. The molecule has 23 heavy (non-hydrogen) atoms. The molecule has 0 aromatic heterocycles. The molecule has 3 N–H and O–H groups in total. The molecule has 1 heterocycles. The Morgan fingerprint density at radius 2 is 1.91 bits per heavy atom. The molecular formula is C14H17ClF4N2O2. The molecule has 0 aliphatic carbocycles. The van der Waals surface area contributed by atoms with E-state index in [0.717, 1.165) is 6.07 Å². The van der Waals surface area contributed by atoms with E-state index in [4.69, 9.17) is 10.5 Å². The van der Waals surface area contributed by atoms with Crippen molar-refractivity contribution in [3.05, 3.63) is 29.6 Å². The number of halogens is 5. The van der Waals surface area contributed by atoms with Gasteiger partial charge in [-0.25, -0.2) is 4.39 Å². The summed E-state index contributed by atoms with van der Waals surface area (Å²) in [5, 5.41) is 2.31. The van der Waals surface area contributed by atoms with E-state index in [2.05, 4.69) is 5.32 Å². The predicted octanol–water partition coefficient (Wildman–Crippen LogP) is 2.96. The van der Waals surface area contributed by atoms with Gasteiger partial charge < -0.3 is 15.8 Å². The van der Waals surface area contributed by atoms with Gasteiger partial charge in [-0.1, -0.05) is 0 Å². The maximum atomic E-state index is 13.2. The van der Waals surface area contributed by atoms with Gasteiger partial charge in [-0.2, -0.15) is 13.2 Å². The van der Waals surface area contributed by atoms with Crippen LogP contribution in [0.15, 0.2) is 18.2 Å². The first kappa shape index (κ1) is 19.7. The van der Waals surface area contributed by atoms with E-state index >= 15 is 0 Å². The zero-order chi connectivity index (χ0) is 16.3. The molecule has 4 nitrogen and oxygen atoms in total. The van der Waals surface area contributed by atoms with Crippen molar-refractivity contribution >= 4 is 24.0 Å². The monoisotopic (exact) mass is 356 g/mol. The third-order valence-corrected chi connectivity index (χ3v) is 3.62. The molecule has 1 aromatic carbocycles. The van der Waals surface area contributed by atoms with Gasteiger partial charge in [0.25, 0.3) is 0 Å². The van der Waals surface area contributed by atoms with Crippen molar-refractivity contribution in [3.8, 4) is 0 Å². The Kier molecular flexibility index (Phi) is 6.79. The zero-order valence-corrected chi connectivity index (χ0v) is 12.8. The summed E-state index contributed by atoms with van der Waals surface area (Å²) in [5.41, 5.74) is 4.27. The zero-order valence-electron chi connectivity index (χ0n) is 12.0. The number of alkyl halides is 3. The van der Waals surface area contributed by atoms with Crippen molar-refractivity contribution in [2.24, 2.45) is 11.7 Å². The number of carbonyl (C=O) groups is 1. The largest absolute Gasteiger partial charge is 0.419 e. The third-order valence-electron chi connectivity index (χ3n) is 3.62. The van der Waals surface area contributed by atoms with Crippen molar-refractivity contribution < 1.29 is 27.1 Å². The number of hydrogen-bond acceptors (Lipinski definition) is 3. The molecule has 130 valence electrons. The molecule has 1 fully saturated rings. The number of anilines is 1. The van der Waals surface area contributed by atoms with Crippen LogP contribution in [0.1, 0.15) is 18.4 Å². The van der Waals surface area contributed by atoms with Crippen LogP contribution in [0.3, 0.4) is 0 Å². The molecular weight excluding hydrogens is 340 g/mol. The van der Waals surface area contributed by atoms with Gasteiger partial charge in [-0.3, -0.25) is 4.79 Å². The van der Waals surface area contributed by atoms with Crippen molar-refractivity contribution in [3.63, 3.8) is 0 Å². The summed E-state index contributed by atoms with van der Waals surface area (Å²) in [6.45, 7) is 1.00. The first-order chi connectivity index (χ1) is 10.3. The summed E-state index contributed by atoms with van der Waals surface area (Å²) < 4.78 is 56.2. The minimum atomic E-state index is -4.83. The molecule has 1 aliphatic heterocycles. The van der Waals surface area contributed by atoms with E-state index < -0.39 is 29.5 Å². The van der Waals surface area contributed by atoms with Crippen molar-refractivity contribution in [2.45, 2.75) is 25.1 Å². The minimum Gasteiger partial charge on any atom is -0.381 e. The average molecular weight is 357 g/mol. The lowest BCUT2D eigenvalue weighted by Gasteiger charge is -2.26. The average Bonchev–Trinajstić information content (AvgIpc) is 2.48. The summed E-state index contributed by atoms with van der Waals surface area (Å²) in [7, 11) is 0. The molecule has 1 saturated heterocycles. The SMILES string of the molecule is Cl.NC(C(=O)Nc1ccc(F)c(C(F)(F)F)c1)C1CCOCC1. The fourth-order valence-electron chi connectivity index (χ4n) is 2.33. The second-order valence-corrected chi connectivity index (χ2v) is 5.16. The van der Waals surface area contributed by atoms with E-state index in [-0.39, 0.29) is 24.0 Å². The Labute approximate surface area is 136 Å². The Morgan fingerprint density at radius 3 is 2.48 bits per heavy atom. The Bertz CT molecular complexity index is 548. The molecule has 1 amide bonds. The number of benzene rings is 1. The van der Waals surface area contributed by atoms with Gasteiger partial charge in [-0.15, -0.1) is 12.4 Å². The lowest BCUT2D eigenvalue weighted by molar-refractivity contribution is -0.140. The Morgan fingerprint density at radius 1 is 1.30 bits per heavy atom. The molecule has 1 atom stereocenters. The van der Waals surface area contributed by atoms with E-state index in [9.17, 15) is 22.4 Å². The van der Waals surface area contributed by atoms with Crippen LogP contribution in [-0.2, 0) is 15.7 Å². The summed E-state index contributed by atoms with van der Waals surface area (Å²) in [4.78, 5) is 12.0. The van der Waals surface area contributed by atoms with Gasteiger partial charge in [0, 0.05) is 18.9 Å². The van der Waals surface area contributed by atoms with Crippen LogP contribution in [0, 0.1) is 11.7 Å². The molecule has 9 heteroatoms. The first-order valence-electron chi connectivity index (χ1n) is 6.80. The highest BCUT2D eigenvalue weighted by Crippen LogP contribution is 2.33. The second-order valence-electron chi connectivity index (χ2n) is 5.16. The molecule has 1 aromatic rings. The second kappa shape index (κ2) is 7.94. The van der Waals surface area contributed by atoms with Gasteiger partial charge in [0.05, 0.1) is 11.6 Å². The van der Waals surface area contributed by atoms with Crippen LogP contribution in [0.2, 0.25) is 0 Å². The highest BCUT2D eigenvalue weighted by atomic mass is 35.5. The molecule has 0 radical (unpaired) electrons. The quantitative estimate of drug-likeness (QED) is 0.818. The summed E-state index contributed by atoms with van der Waals surface area (Å²) >= 11 is 0. The van der Waals surface area contributed by atoms with Crippen LogP contribution in [-0.4, -0.2) is 25.2 Å². The standard InChI is InChI=1S/C14H16F4N2O2.ClH/c15-11-2-1-9(7-10(11)14(16,17)18)20-13(21)12(19)8-3-5-22-6-4-8;/h1-2,7-8,12H,3-6,19H2,(H,20,21);1H. The van der Waals surface area contributed by atoms with Gasteiger partial charge >= 0.3 is 6.18 Å². The first-order valence-corrected chi connectivity index (χ1v) is 6.80. The smallest absolute Gasteiger partial charge is 0.381 e. The summed E-state index contributed by atoms with van der Waals surface area (Å²) in [5.74, 6) is -2.07. The van der Waals surface area contributed by atoms with Crippen molar-refractivity contribution in [1.82, 2.24) is 0 Å². The Hall–Kier alpha value is -1.38. The van der Waals surface area contributed by atoms with Crippen LogP contribution in [0.4, 0.5) is 23.2 Å². The highest BCUT2D eigenvalue weighted by Gasteiger charge is 2.34. The number of nitrogens with two attached hydrogens (primary N) is 1. The number of ether oxygens (including phenoxy) is 1. The Balaban J connectivity index is 0.00000264. The molecule has 2 rings (SSSR count). The number of amides is 1. The van der Waals surface area contributed by atoms with E-state index in [1.165, 1.54) is 0 Å². The number of rotatable bonds is 3.